The molecule has 0 aromatic carbocycles. The second-order valence-electron chi connectivity index (χ2n) is 9.41. The van der Waals surface area contributed by atoms with Gasteiger partial charge in [0.2, 0.25) is 0 Å². The van der Waals surface area contributed by atoms with Crippen LogP contribution in [0.25, 0.3) is 0 Å². The Morgan fingerprint density at radius 1 is 1.03 bits per heavy atom. The third-order valence-corrected chi connectivity index (χ3v) is 6.25. The molecule has 3 heterocycles. The molecule has 8 nitrogen and oxygen atoms in total. The van der Waals surface area contributed by atoms with Gasteiger partial charge >= 0.3 is 0 Å². The maximum absolute atomic E-state index is 4.55. The predicted molar refractivity (Wildman–Crippen MR) is 112 cm³/mol. The van der Waals surface area contributed by atoms with Crippen molar-refractivity contribution in [2.45, 2.75) is 91.3 Å². The summed E-state index contributed by atoms with van der Waals surface area (Å²) in [6.45, 7) is 15.3. The van der Waals surface area contributed by atoms with Crippen LogP contribution in [0, 0.1) is 12.8 Å². The van der Waals surface area contributed by atoms with E-state index in [4.69, 9.17) is 0 Å². The van der Waals surface area contributed by atoms with Crippen LogP contribution in [0.2, 0.25) is 0 Å². The summed E-state index contributed by atoms with van der Waals surface area (Å²) in [4.78, 5) is 0. The van der Waals surface area contributed by atoms with E-state index in [-0.39, 0.29) is 17.1 Å². The Balaban J connectivity index is 1.75. The van der Waals surface area contributed by atoms with Gasteiger partial charge < -0.3 is 0 Å². The first-order valence-corrected chi connectivity index (χ1v) is 10.5. The van der Waals surface area contributed by atoms with E-state index in [2.05, 4.69) is 72.4 Å². The summed E-state index contributed by atoms with van der Waals surface area (Å²) in [5.41, 5.74) is 3.23. The molecule has 158 valence electrons. The van der Waals surface area contributed by atoms with Crippen molar-refractivity contribution in [1.82, 2.24) is 30.0 Å². The summed E-state index contributed by atoms with van der Waals surface area (Å²) < 4.78 is 4.03. The summed E-state index contributed by atoms with van der Waals surface area (Å²) in [7, 11) is 0. The van der Waals surface area contributed by atoms with Gasteiger partial charge in [0.25, 0.3) is 0 Å². The zero-order chi connectivity index (χ0) is 21.2. The quantitative estimate of drug-likeness (QED) is 0.615. The van der Waals surface area contributed by atoms with Crippen molar-refractivity contribution in [2.75, 3.05) is 0 Å². The Morgan fingerprint density at radius 2 is 1.79 bits per heavy atom. The highest BCUT2D eigenvalue weighted by molar-refractivity contribution is 5.23. The normalized spacial score (nSPS) is 19.4. The number of nitrogens with zero attached hydrogens (tertiary/aromatic N) is 8. The molecule has 2 aromatic rings. The molecule has 29 heavy (non-hydrogen) atoms. The molecule has 0 saturated carbocycles. The molecule has 0 N–H and O–H groups in total. The highest BCUT2D eigenvalue weighted by Gasteiger charge is 2.34. The lowest BCUT2D eigenvalue weighted by molar-refractivity contribution is 0.177. The van der Waals surface area contributed by atoms with Gasteiger partial charge in [-0.3, -0.25) is 0 Å². The maximum Gasteiger partial charge on any atom is 0.0946 e. The highest BCUT2D eigenvalue weighted by atomic mass is 15.5. The summed E-state index contributed by atoms with van der Waals surface area (Å²) in [6.07, 6.45) is 9.34. The van der Waals surface area contributed by atoms with Gasteiger partial charge in [-0.2, -0.15) is 10.2 Å². The van der Waals surface area contributed by atoms with Gasteiger partial charge in [0.1, 0.15) is 0 Å². The third kappa shape index (κ3) is 4.46. The minimum atomic E-state index is -0.156. The van der Waals surface area contributed by atoms with Crippen LogP contribution in [0.5, 0.6) is 0 Å². The van der Waals surface area contributed by atoms with Crippen molar-refractivity contribution >= 4 is 0 Å². The summed E-state index contributed by atoms with van der Waals surface area (Å²) in [6, 6.07) is 0.170. The number of hydrogen-bond donors (Lipinski definition) is 0. The zero-order valence-electron chi connectivity index (χ0n) is 18.8. The third-order valence-electron chi connectivity index (χ3n) is 6.25. The van der Waals surface area contributed by atoms with E-state index in [9.17, 15) is 0 Å². The molecule has 0 radical (unpaired) electrons. The van der Waals surface area contributed by atoms with Crippen molar-refractivity contribution in [3.8, 4) is 0 Å². The molecule has 0 bridgehead atoms. The molecule has 0 saturated heterocycles. The number of aromatic nitrogens is 6. The van der Waals surface area contributed by atoms with Crippen molar-refractivity contribution < 1.29 is 0 Å². The Bertz CT molecular complexity index is 874. The van der Waals surface area contributed by atoms with Crippen molar-refractivity contribution in [3.63, 3.8) is 0 Å². The molecular weight excluding hydrogens is 364 g/mol. The standard InChI is InChI=1S/C21H34N8/c1-15(2)19-17(4)24-25-18(19)8-9-21(7,28-13-12-22-26-28)11-10-20(5,6)29-16(3)14-23-27-29/h12-15,18H,8-11H2,1-7H3. The fourth-order valence-corrected chi connectivity index (χ4v) is 4.40. The molecule has 2 aromatic heterocycles. The van der Waals surface area contributed by atoms with E-state index >= 15 is 0 Å². The average Bonchev–Trinajstić information content (AvgIpc) is 3.39. The molecule has 0 fully saturated rings. The van der Waals surface area contributed by atoms with Crippen LogP contribution >= 0.6 is 0 Å². The second-order valence-corrected chi connectivity index (χ2v) is 9.41. The Kier molecular flexibility index (Phi) is 6.00. The number of rotatable bonds is 9. The number of hydrogen-bond acceptors (Lipinski definition) is 6. The van der Waals surface area contributed by atoms with E-state index in [0.29, 0.717) is 5.92 Å². The minimum absolute atomic E-state index is 0.130. The smallest absolute Gasteiger partial charge is 0.0946 e. The van der Waals surface area contributed by atoms with E-state index < -0.39 is 0 Å². The fraction of sp³-hybridized carbons (Fsp3) is 0.714. The first kappa shape index (κ1) is 21.3. The van der Waals surface area contributed by atoms with Crippen LogP contribution in [-0.4, -0.2) is 36.0 Å². The zero-order valence-corrected chi connectivity index (χ0v) is 18.8. The van der Waals surface area contributed by atoms with Gasteiger partial charge in [0, 0.05) is 6.20 Å². The van der Waals surface area contributed by atoms with Crippen LogP contribution in [0.4, 0.5) is 0 Å². The van der Waals surface area contributed by atoms with Gasteiger partial charge in [-0.15, -0.1) is 10.2 Å². The Morgan fingerprint density at radius 3 is 2.38 bits per heavy atom. The van der Waals surface area contributed by atoms with Gasteiger partial charge in [0.05, 0.1) is 40.9 Å². The van der Waals surface area contributed by atoms with Crippen LogP contribution in [0.15, 0.2) is 40.1 Å². The largest absolute Gasteiger partial charge is 0.247 e. The van der Waals surface area contributed by atoms with E-state index in [1.54, 1.807) is 6.20 Å². The summed E-state index contributed by atoms with van der Waals surface area (Å²) in [5.74, 6) is 0.460. The molecule has 0 aliphatic carbocycles. The molecular formula is C21H34N8. The maximum atomic E-state index is 4.55. The number of azo groups is 1. The molecule has 0 amide bonds. The number of aryl methyl sites for hydroxylation is 1. The van der Waals surface area contributed by atoms with Crippen LogP contribution in [0.1, 0.15) is 72.9 Å². The van der Waals surface area contributed by atoms with Crippen LogP contribution in [-0.2, 0) is 11.1 Å². The summed E-state index contributed by atoms with van der Waals surface area (Å²) >= 11 is 0. The van der Waals surface area contributed by atoms with Crippen molar-refractivity contribution in [2.24, 2.45) is 16.1 Å². The highest BCUT2D eigenvalue weighted by Crippen LogP contribution is 2.37. The molecule has 8 heteroatoms. The lowest BCUT2D eigenvalue weighted by Crippen LogP contribution is -2.36. The van der Waals surface area contributed by atoms with Crippen molar-refractivity contribution in [1.29, 1.82) is 0 Å². The monoisotopic (exact) mass is 398 g/mol. The first-order chi connectivity index (χ1) is 13.6. The van der Waals surface area contributed by atoms with Crippen LogP contribution < -0.4 is 0 Å². The lowest BCUT2D eigenvalue weighted by Gasteiger charge is -2.35. The van der Waals surface area contributed by atoms with E-state index in [1.807, 2.05) is 28.7 Å². The fourth-order valence-electron chi connectivity index (χ4n) is 4.40. The summed E-state index contributed by atoms with van der Waals surface area (Å²) in [5, 5.41) is 25.7. The SMILES string of the molecule is CC1=C(C(C)C)C(CCC(C)(CCC(C)(C)n2nncc2C)n2ccnn2)N=N1. The number of allylic oxidation sites excluding steroid dienone is 1. The molecule has 2 atom stereocenters. The van der Waals surface area contributed by atoms with Crippen LogP contribution in [0.3, 0.4) is 0 Å². The van der Waals surface area contributed by atoms with Gasteiger partial charge in [-0.25, -0.2) is 9.36 Å². The van der Waals surface area contributed by atoms with Gasteiger partial charge in [-0.1, -0.05) is 24.3 Å². The van der Waals surface area contributed by atoms with E-state index in [0.717, 1.165) is 37.1 Å². The predicted octanol–water partition coefficient (Wildman–Crippen LogP) is 4.65. The Labute approximate surface area is 173 Å². The average molecular weight is 399 g/mol. The lowest BCUT2D eigenvalue weighted by atomic mass is 9.82. The molecule has 0 spiro atoms. The van der Waals surface area contributed by atoms with Gasteiger partial charge in [-0.05, 0) is 71.8 Å². The minimum Gasteiger partial charge on any atom is -0.247 e. The van der Waals surface area contributed by atoms with Crippen molar-refractivity contribution in [3.05, 3.63) is 35.6 Å². The van der Waals surface area contributed by atoms with Gasteiger partial charge in [0.15, 0.2) is 0 Å². The van der Waals surface area contributed by atoms with E-state index in [1.165, 1.54) is 5.57 Å². The molecule has 2 unspecified atom stereocenters. The molecule has 1 aliphatic heterocycles. The topological polar surface area (TPSA) is 86.1 Å². The first-order valence-electron chi connectivity index (χ1n) is 10.5. The Hall–Kier alpha value is -2.38. The molecule has 3 rings (SSSR count). The molecule has 1 aliphatic rings. The second kappa shape index (κ2) is 8.16.